The van der Waals surface area contributed by atoms with Crippen molar-refractivity contribution in [1.82, 2.24) is 3.53 Å². The first-order valence-electron chi connectivity index (χ1n) is 6.22. The van der Waals surface area contributed by atoms with Gasteiger partial charge in [-0.1, -0.05) is 32.1 Å². The van der Waals surface area contributed by atoms with Gasteiger partial charge in [0, 0.05) is 29.4 Å². The molecule has 2 aliphatic rings. The van der Waals surface area contributed by atoms with Crippen molar-refractivity contribution < 1.29 is 0 Å². The molecule has 0 spiro atoms. The van der Waals surface area contributed by atoms with Crippen LogP contribution in [-0.4, -0.2) is 6.54 Å². The second kappa shape index (κ2) is 5.69. The largest absolute Gasteiger partial charge is 0.261 e. The van der Waals surface area contributed by atoms with Crippen molar-refractivity contribution in [2.75, 3.05) is 6.54 Å². The number of hydrogen-bond acceptors (Lipinski definition) is 1. The van der Waals surface area contributed by atoms with E-state index < -0.39 is 0 Å². The summed E-state index contributed by atoms with van der Waals surface area (Å²) in [6, 6.07) is 0. The summed E-state index contributed by atoms with van der Waals surface area (Å²) >= 11 is 2.30. The minimum atomic E-state index is 0.972. The van der Waals surface area contributed by atoms with E-state index in [4.69, 9.17) is 0 Å². The summed E-state index contributed by atoms with van der Waals surface area (Å²) in [6.07, 6.45) is 12.1. The molecule has 0 radical (unpaired) electrons. The highest BCUT2D eigenvalue weighted by Gasteiger charge is 2.27. The van der Waals surface area contributed by atoms with E-state index in [1.807, 2.05) is 0 Å². The Hall–Kier alpha value is 0.690. The van der Waals surface area contributed by atoms with Gasteiger partial charge in [-0.2, -0.15) is 0 Å². The molecule has 2 bridgehead atoms. The van der Waals surface area contributed by atoms with Crippen LogP contribution in [0.15, 0.2) is 0 Å². The summed E-state index contributed by atoms with van der Waals surface area (Å²) in [5, 5.41) is 0. The van der Waals surface area contributed by atoms with Crippen LogP contribution >= 0.6 is 22.9 Å². The first-order chi connectivity index (χ1) is 6.88. The van der Waals surface area contributed by atoms with E-state index in [0.29, 0.717) is 0 Å². The molecular formula is C12H22IN. The zero-order valence-electron chi connectivity index (χ0n) is 8.97. The molecule has 2 heteroatoms. The molecule has 0 aromatic rings. The van der Waals surface area contributed by atoms with Gasteiger partial charge < -0.3 is 0 Å². The number of halogens is 1. The van der Waals surface area contributed by atoms with Gasteiger partial charge in [-0.3, -0.25) is 3.53 Å². The van der Waals surface area contributed by atoms with Gasteiger partial charge in [-0.15, -0.1) is 0 Å². The Kier molecular flexibility index (Phi) is 4.54. The molecule has 0 amide bonds. The summed E-state index contributed by atoms with van der Waals surface area (Å²) < 4.78 is 3.33. The van der Waals surface area contributed by atoms with Gasteiger partial charge in [0.05, 0.1) is 0 Å². The van der Waals surface area contributed by atoms with E-state index in [2.05, 4.69) is 26.4 Å². The Morgan fingerprint density at radius 1 is 0.929 bits per heavy atom. The van der Waals surface area contributed by atoms with Crippen molar-refractivity contribution in [2.24, 2.45) is 17.8 Å². The summed E-state index contributed by atoms with van der Waals surface area (Å²) in [7, 11) is 0. The number of fused-ring (bicyclic) bond motifs is 2. The normalized spacial score (nSPS) is 38.8. The van der Waals surface area contributed by atoms with Crippen LogP contribution in [-0.2, 0) is 0 Å². The lowest BCUT2D eigenvalue weighted by molar-refractivity contribution is 0.354. The number of hydrogen-bond donors (Lipinski definition) is 1. The molecule has 82 valence electrons. The van der Waals surface area contributed by atoms with Gasteiger partial charge in [0.15, 0.2) is 0 Å². The third-order valence-corrected chi connectivity index (χ3v) is 4.60. The number of rotatable bonds is 2. The highest BCUT2D eigenvalue weighted by atomic mass is 127. The molecule has 2 rings (SSSR count). The molecule has 0 aromatic heterocycles. The smallest absolute Gasteiger partial charge is 0.0169 e. The van der Waals surface area contributed by atoms with E-state index in [9.17, 15) is 0 Å². The predicted molar refractivity (Wildman–Crippen MR) is 69.4 cm³/mol. The van der Waals surface area contributed by atoms with Gasteiger partial charge in [0.1, 0.15) is 0 Å². The molecular weight excluding hydrogens is 285 g/mol. The molecule has 1 N–H and O–H groups in total. The molecule has 1 nitrogen and oxygen atoms in total. The van der Waals surface area contributed by atoms with Crippen molar-refractivity contribution >= 4 is 22.9 Å². The quantitative estimate of drug-likeness (QED) is 0.602. The molecule has 2 aliphatic carbocycles. The third kappa shape index (κ3) is 3.09. The van der Waals surface area contributed by atoms with Crippen LogP contribution in [0.3, 0.4) is 0 Å². The maximum absolute atomic E-state index is 3.33. The van der Waals surface area contributed by atoms with E-state index in [0.717, 1.165) is 17.8 Å². The number of nitrogens with one attached hydrogen (secondary N) is 1. The van der Waals surface area contributed by atoms with Crippen LogP contribution < -0.4 is 3.53 Å². The average Bonchev–Trinajstić information content (AvgIpc) is 2.50. The van der Waals surface area contributed by atoms with E-state index in [1.54, 1.807) is 6.42 Å². The molecule has 14 heavy (non-hydrogen) atoms. The Labute approximate surface area is 102 Å². The second-order valence-electron chi connectivity index (χ2n) is 5.27. The summed E-state index contributed by atoms with van der Waals surface area (Å²) in [6.45, 7) is 1.24. The summed E-state index contributed by atoms with van der Waals surface area (Å²) in [5.74, 6) is 3.13. The van der Waals surface area contributed by atoms with Gasteiger partial charge in [-0.05, 0) is 37.0 Å². The van der Waals surface area contributed by atoms with Crippen molar-refractivity contribution in [2.45, 2.75) is 51.4 Å². The minimum absolute atomic E-state index is 0.972. The molecule has 3 unspecified atom stereocenters. The Morgan fingerprint density at radius 2 is 1.71 bits per heavy atom. The highest BCUT2D eigenvalue weighted by molar-refractivity contribution is 14.1. The van der Waals surface area contributed by atoms with Gasteiger partial charge >= 0.3 is 0 Å². The summed E-state index contributed by atoms with van der Waals surface area (Å²) in [4.78, 5) is 0. The fraction of sp³-hybridized carbons (Fsp3) is 1.00. The van der Waals surface area contributed by atoms with Crippen LogP contribution in [0.25, 0.3) is 0 Å². The lowest BCUT2D eigenvalue weighted by Crippen LogP contribution is -2.16. The van der Waals surface area contributed by atoms with Crippen LogP contribution in [0.2, 0.25) is 0 Å². The lowest BCUT2D eigenvalue weighted by Gasteiger charge is -2.18. The molecule has 0 aliphatic heterocycles. The molecule has 0 saturated heterocycles. The van der Waals surface area contributed by atoms with Crippen molar-refractivity contribution in [1.29, 1.82) is 0 Å². The summed E-state index contributed by atoms with van der Waals surface area (Å²) in [5.41, 5.74) is 0. The first-order valence-corrected chi connectivity index (χ1v) is 7.30. The Bertz CT molecular complexity index is 172. The molecule has 0 aromatic carbocycles. The predicted octanol–water partition coefficient (Wildman–Crippen LogP) is 3.92. The van der Waals surface area contributed by atoms with Crippen LogP contribution in [0.5, 0.6) is 0 Å². The zero-order valence-corrected chi connectivity index (χ0v) is 11.1. The van der Waals surface area contributed by atoms with Crippen molar-refractivity contribution in [3.05, 3.63) is 0 Å². The standard InChI is InChI=1S/C12H22IN/c13-14-9-12-6-5-10-3-1-2-4-11(7-10)8-12/h10-12,14H,1-9H2. The maximum atomic E-state index is 3.33. The molecule has 2 saturated carbocycles. The van der Waals surface area contributed by atoms with Gasteiger partial charge in [0.2, 0.25) is 0 Å². The fourth-order valence-corrected chi connectivity index (χ4v) is 4.03. The topological polar surface area (TPSA) is 12.0 Å². The SMILES string of the molecule is INCC1CCC2CCCCC(C2)C1. The van der Waals surface area contributed by atoms with E-state index in [1.165, 1.54) is 51.5 Å². The third-order valence-electron chi connectivity index (χ3n) is 4.16. The molecule has 0 heterocycles. The molecule has 2 fully saturated rings. The Balaban J connectivity index is 1.91. The Morgan fingerprint density at radius 3 is 2.50 bits per heavy atom. The zero-order chi connectivity index (χ0) is 9.80. The minimum Gasteiger partial charge on any atom is -0.261 e. The van der Waals surface area contributed by atoms with Gasteiger partial charge in [0.25, 0.3) is 0 Å². The molecule has 3 atom stereocenters. The van der Waals surface area contributed by atoms with E-state index >= 15 is 0 Å². The van der Waals surface area contributed by atoms with Crippen LogP contribution in [0, 0.1) is 17.8 Å². The van der Waals surface area contributed by atoms with Crippen LogP contribution in [0.4, 0.5) is 0 Å². The highest BCUT2D eigenvalue weighted by Crippen LogP contribution is 2.38. The first kappa shape index (κ1) is 11.2. The van der Waals surface area contributed by atoms with E-state index in [-0.39, 0.29) is 0 Å². The maximum Gasteiger partial charge on any atom is 0.0169 e. The van der Waals surface area contributed by atoms with Gasteiger partial charge in [-0.25, -0.2) is 0 Å². The van der Waals surface area contributed by atoms with Crippen molar-refractivity contribution in [3.63, 3.8) is 0 Å². The fourth-order valence-electron chi connectivity index (χ4n) is 3.40. The van der Waals surface area contributed by atoms with Crippen molar-refractivity contribution in [3.8, 4) is 0 Å². The monoisotopic (exact) mass is 307 g/mol. The van der Waals surface area contributed by atoms with Crippen LogP contribution in [0.1, 0.15) is 51.4 Å². The second-order valence-corrected chi connectivity index (χ2v) is 6.03. The lowest BCUT2D eigenvalue weighted by atomic mass is 9.90. The average molecular weight is 307 g/mol.